The van der Waals surface area contributed by atoms with Crippen molar-refractivity contribution in [2.45, 2.75) is 12.8 Å². The van der Waals surface area contributed by atoms with Crippen LogP contribution in [-0.4, -0.2) is 30.3 Å². The second-order valence-electron chi connectivity index (χ2n) is 3.19. The molecule has 0 heterocycles. The first-order valence-electron chi connectivity index (χ1n) is 5.04. The summed E-state index contributed by atoms with van der Waals surface area (Å²) in [6.45, 7) is 2.32. The molecule has 0 saturated heterocycles. The van der Waals surface area contributed by atoms with E-state index in [2.05, 4.69) is 24.3 Å². The quantitative estimate of drug-likeness (QED) is 0.492. The average molecular weight is 210 g/mol. The lowest BCUT2D eigenvalue weighted by atomic mass is 10.1. The summed E-state index contributed by atoms with van der Waals surface area (Å²) in [5, 5.41) is 0. The first-order valence-corrected chi connectivity index (χ1v) is 5.86. The Labute approximate surface area is 88.8 Å². The lowest BCUT2D eigenvalue weighted by Crippen LogP contribution is -2.04. The minimum absolute atomic E-state index is 0.734. The Balaban J connectivity index is 1.99. The molecule has 0 spiro atoms. The molecule has 0 aromatic heterocycles. The van der Waals surface area contributed by atoms with Crippen molar-refractivity contribution in [3.8, 4) is 0 Å². The molecule has 0 aliphatic carbocycles. The summed E-state index contributed by atoms with van der Waals surface area (Å²) in [4.78, 5) is 0. The maximum absolute atomic E-state index is 5.39. The van der Waals surface area contributed by atoms with Crippen molar-refractivity contribution in [3.05, 3.63) is 35.9 Å². The molecule has 0 fully saturated rings. The topological polar surface area (TPSA) is 18.5 Å². The van der Waals surface area contributed by atoms with Crippen LogP contribution < -0.4 is 0 Å². The van der Waals surface area contributed by atoms with Crippen LogP contribution in [0.1, 0.15) is 12.0 Å². The lowest BCUT2D eigenvalue weighted by molar-refractivity contribution is 0.102. The van der Waals surface area contributed by atoms with Crippen molar-refractivity contribution in [1.82, 2.24) is 0 Å². The van der Waals surface area contributed by atoms with Crippen LogP contribution in [0.2, 0.25) is 0 Å². The molecular formula is C11H18O2Si. The Morgan fingerprint density at radius 1 is 1.00 bits per heavy atom. The number of aryl methyl sites for hydroxylation is 1. The molecule has 0 aliphatic rings. The molecule has 0 atom stereocenters. The van der Waals surface area contributed by atoms with Crippen molar-refractivity contribution in [2.24, 2.45) is 0 Å². The van der Waals surface area contributed by atoms with Gasteiger partial charge in [0, 0.05) is 6.61 Å². The van der Waals surface area contributed by atoms with Gasteiger partial charge in [0.15, 0.2) is 0 Å². The van der Waals surface area contributed by atoms with Gasteiger partial charge in [0.25, 0.3) is 0 Å². The Morgan fingerprint density at radius 2 is 1.79 bits per heavy atom. The van der Waals surface area contributed by atoms with Crippen molar-refractivity contribution >= 4 is 10.5 Å². The van der Waals surface area contributed by atoms with Gasteiger partial charge in [0.2, 0.25) is 0 Å². The van der Waals surface area contributed by atoms with E-state index in [1.54, 1.807) is 0 Å². The van der Waals surface area contributed by atoms with Gasteiger partial charge in [-0.05, 0) is 18.4 Å². The summed E-state index contributed by atoms with van der Waals surface area (Å²) in [5.41, 5.74) is 1.38. The minimum Gasteiger partial charge on any atom is -0.426 e. The lowest BCUT2D eigenvalue weighted by Gasteiger charge is -2.03. The maximum Gasteiger partial charge on any atom is 0.146 e. The molecule has 0 aliphatic heterocycles. The van der Waals surface area contributed by atoms with E-state index in [9.17, 15) is 0 Å². The summed E-state index contributed by atoms with van der Waals surface area (Å²) in [7, 11) is 0.808. The van der Waals surface area contributed by atoms with Crippen molar-refractivity contribution in [3.63, 3.8) is 0 Å². The number of hydrogen-bond acceptors (Lipinski definition) is 2. The zero-order valence-electron chi connectivity index (χ0n) is 8.74. The predicted octanol–water partition coefficient (Wildman–Crippen LogP) is 0.933. The molecule has 3 heteroatoms. The first kappa shape index (κ1) is 11.4. The highest BCUT2D eigenvalue weighted by atomic mass is 28.2. The van der Waals surface area contributed by atoms with Gasteiger partial charge in [-0.1, -0.05) is 30.3 Å². The van der Waals surface area contributed by atoms with Gasteiger partial charge in [-0.3, -0.25) is 0 Å². The Morgan fingerprint density at radius 3 is 2.50 bits per heavy atom. The third-order valence-corrected chi connectivity index (χ3v) is 2.44. The fraction of sp³-hybridized carbons (Fsp3) is 0.455. The normalized spacial score (nSPS) is 10.6. The highest BCUT2D eigenvalue weighted by Gasteiger charge is 1.92. The van der Waals surface area contributed by atoms with E-state index in [1.807, 2.05) is 6.07 Å². The molecule has 0 bridgehead atoms. The number of ether oxygens (including phenoxy) is 1. The highest BCUT2D eigenvalue weighted by molar-refractivity contribution is 5.97. The van der Waals surface area contributed by atoms with Gasteiger partial charge >= 0.3 is 0 Å². The van der Waals surface area contributed by atoms with Crippen LogP contribution in [-0.2, 0) is 15.6 Å². The maximum atomic E-state index is 5.39. The number of hydrogen-bond donors (Lipinski definition) is 0. The van der Waals surface area contributed by atoms with E-state index in [0.717, 1.165) is 43.1 Å². The SMILES string of the molecule is [SiH3]OCCOCCCc1ccccc1. The molecule has 1 aromatic rings. The molecule has 2 nitrogen and oxygen atoms in total. The summed E-state index contributed by atoms with van der Waals surface area (Å²) < 4.78 is 10.4. The third kappa shape index (κ3) is 5.17. The molecule has 1 aromatic carbocycles. The second-order valence-corrected chi connectivity index (χ2v) is 3.77. The van der Waals surface area contributed by atoms with Crippen LogP contribution in [0.25, 0.3) is 0 Å². The zero-order chi connectivity index (χ0) is 10.1. The largest absolute Gasteiger partial charge is 0.426 e. The monoisotopic (exact) mass is 210 g/mol. The summed E-state index contributed by atoms with van der Waals surface area (Å²) in [6, 6.07) is 10.5. The third-order valence-electron chi connectivity index (χ3n) is 2.03. The van der Waals surface area contributed by atoms with E-state index in [-0.39, 0.29) is 0 Å². The fourth-order valence-corrected chi connectivity index (χ4v) is 1.43. The minimum atomic E-state index is 0.734. The molecule has 0 unspecified atom stereocenters. The molecule has 14 heavy (non-hydrogen) atoms. The van der Waals surface area contributed by atoms with Gasteiger partial charge in [-0.2, -0.15) is 0 Å². The summed E-state index contributed by atoms with van der Waals surface area (Å²) in [6.07, 6.45) is 2.19. The van der Waals surface area contributed by atoms with Gasteiger partial charge in [0.1, 0.15) is 10.5 Å². The Hall–Kier alpha value is -0.643. The van der Waals surface area contributed by atoms with Crippen LogP contribution in [0.3, 0.4) is 0 Å². The zero-order valence-corrected chi connectivity index (χ0v) is 10.7. The Bertz CT molecular complexity index is 226. The summed E-state index contributed by atoms with van der Waals surface area (Å²) in [5.74, 6) is 0. The van der Waals surface area contributed by atoms with Crippen LogP contribution in [0, 0.1) is 0 Å². The van der Waals surface area contributed by atoms with E-state index in [1.165, 1.54) is 5.56 Å². The van der Waals surface area contributed by atoms with Crippen LogP contribution in [0.4, 0.5) is 0 Å². The molecule has 0 radical (unpaired) electrons. The van der Waals surface area contributed by atoms with E-state index in [0.29, 0.717) is 0 Å². The van der Waals surface area contributed by atoms with Crippen LogP contribution in [0.15, 0.2) is 30.3 Å². The van der Waals surface area contributed by atoms with Crippen molar-refractivity contribution in [2.75, 3.05) is 19.8 Å². The standard InChI is InChI=1S/C11H18O2Si/c14-13-10-9-12-8-4-7-11-5-2-1-3-6-11/h1-3,5-6H,4,7-10H2,14H3. The average Bonchev–Trinajstić information content (AvgIpc) is 2.25. The summed E-state index contributed by atoms with van der Waals surface area (Å²) >= 11 is 0. The molecule has 0 saturated carbocycles. The fourth-order valence-electron chi connectivity index (χ4n) is 1.27. The number of rotatable bonds is 7. The van der Waals surface area contributed by atoms with E-state index >= 15 is 0 Å². The number of benzene rings is 1. The molecule has 1 rings (SSSR count). The van der Waals surface area contributed by atoms with Crippen molar-refractivity contribution < 1.29 is 9.16 Å². The Kier molecular flexibility index (Phi) is 6.31. The molecule has 78 valence electrons. The van der Waals surface area contributed by atoms with Gasteiger partial charge < -0.3 is 9.16 Å². The van der Waals surface area contributed by atoms with E-state index < -0.39 is 0 Å². The first-order chi connectivity index (χ1) is 6.93. The molecule has 0 amide bonds. The van der Waals surface area contributed by atoms with Gasteiger partial charge in [-0.25, -0.2) is 0 Å². The predicted molar refractivity (Wildman–Crippen MR) is 61.5 cm³/mol. The molecular weight excluding hydrogens is 192 g/mol. The van der Waals surface area contributed by atoms with Crippen molar-refractivity contribution in [1.29, 1.82) is 0 Å². The van der Waals surface area contributed by atoms with Crippen LogP contribution >= 0.6 is 0 Å². The van der Waals surface area contributed by atoms with Crippen LogP contribution in [0.5, 0.6) is 0 Å². The highest BCUT2D eigenvalue weighted by Crippen LogP contribution is 2.01. The van der Waals surface area contributed by atoms with Gasteiger partial charge in [0.05, 0.1) is 13.2 Å². The molecule has 0 N–H and O–H groups in total. The second kappa shape index (κ2) is 7.73. The van der Waals surface area contributed by atoms with Gasteiger partial charge in [-0.15, -0.1) is 0 Å². The van der Waals surface area contributed by atoms with E-state index in [4.69, 9.17) is 9.16 Å². The smallest absolute Gasteiger partial charge is 0.146 e.